The van der Waals surface area contributed by atoms with Crippen molar-refractivity contribution >= 4 is 35.8 Å². The van der Waals surface area contributed by atoms with Gasteiger partial charge in [0.25, 0.3) is 0 Å². The molecule has 0 aliphatic rings. The molecule has 3 aromatic heterocycles. The Morgan fingerprint density at radius 2 is 1.93 bits per heavy atom. The van der Waals surface area contributed by atoms with Gasteiger partial charge in [0, 0.05) is 39.7 Å². The highest BCUT2D eigenvalue weighted by atomic mass is 28.3. The van der Waals surface area contributed by atoms with Crippen LogP contribution in [0.2, 0.25) is 25.7 Å². The van der Waals surface area contributed by atoms with Crippen molar-refractivity contribution in [1.29, 1.82) is 0 Å². The number of benzene rings is 1. The van der Waals surface area contributed by atoms with Gasteiger partial charge in [-0.05, 0) is 24.2 Å². The minimum atomic E-state index is -1.08. The Morgan fingerprint density at radius 1 is 1.10 bits per heavy atom. The summed E-state index contributed by atoms with van der Waals surface area (Å²) in [7, 11) is 2.89. The van der Waals surface area contributed by atoms with Crippen LogP contribution in [0.4, 0.5) is 5.82 Å². The van der Waals surface area contributed by atoms with E-state index in [1.807, 2.05) is 19.6 Å². The van der Waals surface area contributed by atoms with Gasteiger partial charge in [0.05, 0.1) is 34.8 Å². The lowest BCUT2D eigenvalue weighted by Gasteiger charge is -2.15. The summed E-state index contributed by atoms with van der Waals surface area (Å²) in [5.74, 6) is 0.868. The molecule has 0 radical (unpaired) electrons. The van der Waals surface area contributed by atoms with Crippen LogP contribution in [0.1, 0.15) is 0 Å². The molecule has 3 heterocycles. The molecule has 7 heteroatoms. The molecule has 152 valence electrons. The normalized spacial score (nSPS) is 12.2. The van der Waals surface area contributed by atoms with Crippen LogP contribution in [-0.2, 0) is 18.5 Å². The van der Waals surface area contributed by atoms with E-state index in [1.165, 1.54) is 6.04 Å². The number of pyridine rings is 1. The van der Waals surface area contributed by atoms with Crippen LogP contribution in [0.15, 0.2) is 42.9 Å². The Labute approximate surface area is 172 Å². The summed E-state index contributed by atoms with van der Waals surface area (Å²) in [6, 6.07) is 11.8. The lowest BCUT2D eigenvalue weighted by Crippen LogP contribution is -2.21. The van der Waals surface area contributed by atoms with Gasteiger partial charge in [0.1, 0.15) is 12.5 Å². The Balaban J connectivity index is 1.66. The predicted octanol–water partition coefficient (Wildman–Crippen LogP) is 4.94. The number of hydrogen-bond acceptors (Lipinski definition) is 4. The average molecular weight is 408 g/mol. The van der Waals surface area contributed by atoms with Crippen molar-refractivity contribution < 1.29 is 4.74 Å². The zero-order valence-electron chi connectivity index (χ0n) is 17.9. The van der Waals surface area contributed by atoms with Gasteiger partial charge in [0.2, 0.25) is 0 Å². The minimum Gasteiger partial charge on any atom is -0.373 e. The summed E-state index contributed by atoms with van der Waals surface area (Å²) in [4.78, 5) is 9.17. The molecule has 4 aromatic rings. The molecular weight excluding hydrogens is 378 g/mol. The summed E-state index contributed by atoms with van der Waals surface area (Å²) in [5.41, 5.74) is 5.44. The molecule has 0 spiro atoms. The predicted molar refractivity (Wildman–Crippen MR) is 123 cm³/mol. The highest BCUT2D eigenvalue weighted by Crippen LogP contribution is 2.32. The summed E-state index contributed by atoms with van der Waals surface area (Å²) < 4.78 is 10.2. The van der Waals surface area contributed by atoms with Crippen LogP contribution in [0, 0.1) is 0 Å². The average Bonchev–Trinajstić information content (AvgIpc) is 3.25. The fourth-order valence-electron chi connectivity index (χ4n) is 3.57. The zero-order chi connectivity index (χ0) is 20.6. The van der Waals surface area contributed by atoms with Crippen molar-refractivity contribution in [2.45, 2.75) is 32.4 Å². The SMILES string of the molecule is CNc1cc2cc(-c3cccc4c3ncn4COCC[Si](C)(C)C)n(C)c2cn1. The zero-order valence-corrected chi connectivity index (χ0v) is 18.9. The Kier molecular flexibility index (Phi) is 5.18. The third-order valence-electron chi connectivity index (χ3n) is 5.34. The smallest absolute Gasteiger partial charge is 0.126 e. The molecule has 4 rings (SSSR count). The van der Waals surface area contributed by atoms with Crippen LogP contribution in [0.25, 0.3) is 33.2 Å². The van der Waals surface area contributed by atoms with Gasteiger partial charge < -0.3 is 19.2 Å². The Hall–Kier alpha value is -2.64. The summed E-state index contributed by atoms with van der Waals surface area (Å²) >= 11 is 0. The van der Waals surface area contributed by atoms with Gasteiger partial charge in [-0.1, -0.05) is 31.8 Å². The maximum absolute atomic E-state index is 5.94. The molecule has 0 saturated carbocycles. The van der Waals surface area contributed by atoms with Crippen molar-refractivity contribution in [3.63, 3.8) is 0 Å². The van der Waals surface area contributed by atoms with Gasteiger partial charge in [-0.3, -0.25) is 0 Å². The molecule has 1 N–H and O–H groups in total. The topological polar surface area (TPSA) is 56.9 Å². The number of nitrogens with one attached hydrogen (secondary N) is 1. The number of anilines is 1. The quantitative estimate of drug-likeness (QED) is 0.348. The van der Waals surface area contributed by atoms with Crippen LogP contribution in [-0.4, -0.2) is 40.8 Å². The number of aromatic nitrogens is 4. The lowest BCUT2D eigenvalue weighted by atomic mass is 10.1. The van der Waals surface area contributed by atoms with Crippen LogP contribution in [0.3, 0.4) is 0 Å². The summed E-state index contributed by atoms with van der Waals surface area (Å²) in [6.45, 7) is 8.45. The number of imidazole rings is 1. The monoisotopic (exact) mass is 407 g/mol. The fraction of sp³-hybridized carbons (Fsp3) is 0.364. The number of para-hydroxylation sites is 1. The second-order valence-electron chi connectivity index (χ2n) is 8.70. The van der Waals surface area contributed by atoms with E-state index in [-0.39, 0.29) is 0 Å². The van der Waals surface area contributed by atoms with Gasteiger partial charge in [-0.2, -0.15) is 0 Å². The van der Waals surface area contributed by atoms with Crippen molar-refractivity contribution in [2.75, 3.05) is 19.0 Å². The van der Waals surface area contributed by atoms with Crippen molar-refractivity contribution in [3.8, 4) is 11.3 Å². The summed E-state index contributed by atoms with van der Waals surface area (Å²) in [5, 5.41) is 4.27. The molecule has 0 saturated heterocycles. The van der Waals surface area contributed by atoms with E-state index in [2.05, 4.69) is 76.5 Å². The highest BCUT2D eigenvalue weighted by Gasteiger charge is 2.15. The van der Waals surface area contributed by atoms with E-state index in [1.54, 1.807) is 0 Å². The number of nitrogens with zero attached hydrogens (tertiary/aromatic N) is 4. The highest BCUT2D eigenvalue weighted by molar-refractivity contribution is 6.76. The summed E-state index contributed by atoms with van der Waals surface area (Å²) in [6.07, 6.45) is 3.79. The molecule has 0 fully saturated rings. The molecule has 0 aliphatic heterocycles. The first-order valence-corrected chi connectivity index (χ1v) is 13.7. The number of rotatable bonds is 7. The van der Waals surface area contributed by atoms with E-state index in [0.717, 1.165) is 45.6 Å². The van der Waals surface area contributed by atoms with Gasteiger partial charge in [-0.25, -0.2) is 9.97 Å². The van der Waals surface area contributed by atoms with Crippen LogP contribution < -0.4 is 5.32 Å². The molecule has 1 aromatic carbocycles. The van der Waals surface area contributed by atoms with E-state index in [4.69, 9.17) is 9.72 Å². The van der Waals surface area contributed by atoms with E-state index < -0.39 is 8.07 Å². The Bertz CT molecular complexity index is 1160. The van der Waals surface area contributed by atoms with E-state index in [9.17, 15) is 0 Å². The molecule has 0 bridgehead atoms. The van der Waals surface area contributed by atoms with E-state index >= 15 is 0 Å². The first-order valence-electron chi connectivity index (χ1n) is 10.0. The van der Waals surface area contributed by atoms with Crippen LogP contribution in [0.5, 0.6) is 0 Å². The molecule has 0 amide bonds. The first-order chi connectivity index (χ1) is 13.9. The maximum atomic E-state index is 5.94. The second kappa shape index (κ2) is 7.65. The minimum absolute atomic E-state index is 0.537. The second-order valence-corrected chi connectivity index (χ2v) is 14.3. The third-order valence-corrected chi connectivity index (χ3v) is 7.04. The van der Waals surface area contributed by atoms with Crippen molar-refractivity contribution in [3.05, 3.63) is 42.9 Å². The van der Waals surface area contributed by atoms with Gasteiger partial charge >= 0.3 is 0 Å². The van der Waals surface area contributed by atoms with Crippen molar-refractivity contribution in [1.82, 2.24) is 19.1 Å². The molecule has 0 aliphatic carbocycles. The fourth-order valence-corrected chi connectivity index (χ4v) is 4.32. The Morgan fingerprint density at radius 3 is 2.69 bits per heavy atom. The van der Waals surface area contributed by atoms with Crippen molar-refractivity contribution in [2.24, 2.45) is 7.05 Å². The molecule has 0 atom stereocenters. The largest absolute Gasteiger partial charge is 0.373 e. The van der Waals surface area contributed by atoms with Gasteiger partial charge in [-0.15, -0.1) is 0 Å². The molecular formula is C22H29N5OSi. The van der Waals surface area contributed by atoms with E-state index in [0.29, 0.717) is 6.73 Å². The third kappa shape index (κ3) is 3.93. The number of ether oxygens (including phenoxy) is 1. The molecule has 6 nitrogen and oxygen atoms in total. The lowest BCUT2D eigenvalue weighted by molar-refractivity contribution is 0.0898. The van der Waals surface area contributed by atoms with Crippen LogP contribution >= 0.6 is 0 Å². The molecule has 0 unspecified atom stereocenters. The molecule has 29 heavy (non-hydrogen) atoms. The number of hydrogen-bond donors (Lipinski definition) is 1. The maximum Gasteiger partial charge on any atom is 0.126 e. The number of fused-ring (bicyclic) bond motifs is 2. The first kappa shape index (κ1) is 19.7. The van der Waals surface area contributed by atoms with Gasteiger partial charge in [0.15, 0.2) is 0 Å². The number of aryl methyl sites for hydroxylation is 1. The standard InChI is InChI=1S/C22H29N5OSi/c1-23-21-12-16-11-19(26(2)20(16)13-24-21)17-7-6-8-18-22(17)25-14-27(18)15-28-9-10-29(3,4)5/h6-8,11-14H,9-10,15H2,1-5H3,(H,23,24).